The quantitative estimate of drug-likeness (QED) is 0.563. The second-order valence-corrected chi connectivity index (χ2v) is 10.1. The SMILES string of the molecule is CN(C)c1ncnc(N2CCN(C(=O)c3cc(S(C)(=O)=O)ccc3-c3ccccc3)CC2)n1. The summed E-state index contributed by atoms with van der Waals surface area (Å²) in [5.74, 6) is 0.956. The van der Waals surface area contributed by atoms with Gasteiger partial charge in [-0.05, 0) is 23.3 Å². The van der Waals surface area contributed by atoms with Crippen LogP contribution in [0.2, 0.25) is 0 Å². The number of carbonyl (C=O) groups excluding carboxylic acids is 1. The molecule has 0 N–H and O–H groups in total. The van der Waals surface area contributed by atoms with Crippen LogP contribution >= 0.6 is 0 Å². The van der Waals surface area contributed by atoms with Crippen LogP contribution in [-0.2, 0) is 9.84 Å². The minimum atomic E-state index is -3.45. The van der Waals surface area contributed by atoms with E-state index < -0.39 is 9.84 Å². The number of benzene rings is 2. The van der Waals surface area contributed by atoms with Crippen molar-refractivity contribution in [2.75, 3.05) is 56.3 Å². The van der Waals surface area contributed by atoms with E-state index in [4.69, 9.17) is 0 Å². The number of hydrogen-bond acceptors (Lipinski definition) is 8. The molecule has 1 saturated heterocycles. The van der Waals surface area contributed by atoms with Crippen molar-refractivity contribution in [2.24, 2.45) is 0 Å². The van der Waals surface area contributed by atoms with Gasteiger partial charge in [0.25, 0.3) is 5.91 Å². The highest BCUT2D eigenvalue weighted by Crippen LogP contribution is 2.28. The number of sulfone groups is 1. The zero-order valence-corrected chi connectivity index (χ0v) is 19.7. The lowest BCUT2D eigenvalue weighted by Gasteiger charge is -2.35. The van der Waals surface area contributed by atoms with Crippen LogP contribution in [0, 0.1) is 0 Å². The summed E-state index contributed by atoms with van der Waals surface area (Å²) < 4.78 is 24.3. The van der Waals surface area contributed by atoms with Crippen LogP contribution in [0.3, 0.4) is 0 Å². The highest BCUT2D eigenvalue weighted by Gasteiger charge is 2.26. The maximum Gasteiger partial charge on any atom is 0.254 e. The number of piperazine rings is 1. The maximum atomic E-state index is 13.5. The Hall–Kier alpha value is -3.53. The molecule has 1 aliphatic heterocycles. The first-order chi connectivity index (χ1) is 15.7. The first-order valence-electron chi connectivity index (χ1n) is 10.5. The lowest BCUT2D eigenvalue weighted by atomic mass is 9.98. The average Bonchev–Trinajstić information content (AvgIpc) is 2.83. The van der Waals surface area contributed by atoms with Crippen molar-refractivity contribution in [1.82, 2.24) is 19.9 Å². The van der Waals surface area contributed by atoms with Crippen molar-refractivity contribution in [3.63, 3.8) is 0 Å². The fraction of sp³-hybridized carbons (Fsp3) is 0.304. The molecule has 1 amide bonds. The molecule has 1 aromatic heterocycles. The van der Waals surface area contributed by atoms with Crippen LogP contribution < -0.4 is 9.80 Å². The van der Waals surface area contributed by atoms with Gasteiger partial charge in [0.2, 0.25) is 11.9 Å². The Morgan fingerprint density at radius 1 is 0.970 bits per heavy atom. The van der Waals surface area contributed by atoms with Gasteiger partial charge in [-0.1, -0.05) is 36.4 Å². The molecule has 10 heteroatoms. The van der Waals surface area contributed by atoms with E-state index in [-0.39, 0.29) is 10.8 Å². The van der Waals surface area contributed by atoms with E-state index in [9.17, 15) is 13.2 Å². The lowest BCUT2D eigenvalue weighted by Crippen LogP contribution is -2.49. The van der Waals surface area contributed by atoms with Crippen LogP contribution in [0.4, 0.5) is 11.9 Å². The van der Waals surface area contributed by atoms with Gasteiger partial charge in [-0.2, -0.15) is 4.98 Å². The maximum absolute atomic E-state index is 13.5. The number of carbonyl (C=O) groups is 1. The van der Waals surface area contributed by atoms with Crippen LogP contribution in [-0.4, -0.2) is 80.7 Å². The van der Waals surface area contributed by atoms with Crippen molar-refractivity contribution in [3.05, 3.63) is 60.4 Å². The predicted octanol–water partition coefficient (Wildman–Crippen LogP) is 1.97. The summed E-state index contributed by atoms with van der Waals surface area (Å²) in [7, 11) is 0.282. The number of nitrogens with zero attached hydrogens (tertiary/aromatic N) is 6. The highest BCUT2D eigenvalue weighted by atomic mass is 32.2. The monoisotopic (exact) mass is 466 g/mol. The number of anilines is 2. The molecule has 0 aliphatic carbocycles. The normalized spacial score (nSPS) is 14.3. The first kappa shape index (κ1) is 22.7. The third-order valence-corrected chi connectivity index (χ3v) is 6.64. The minimum Gasteiger partial charge on any atom is -0.347 e. The Balaban J connectivity index is 1.59. The Kier molecular flexibility index (Phi) is 6.28. The van der Waals surface area contributed by atoms with Crippen molar-refractivity contribution in [2.45, 2.75) is 4.90 Å². The Bertz CT molecular complexity index is 1260. The van der Waals surface area contributed by atoms with Gasteiger partial charge in [-0.25, -0.2) is 18.4 Å². The van der Waals surface area contributed by atoms with E-state index in [1.54, 1.807) is 17.0 Å². The van der Waals surface area contributed by atoms with Crippen molar-refractivity contribution >= 4 is 27.6 Å². The van der Waals surface area contributed by atoms with Gasteiger partial charge in [0.05, 0.1) is 4.90 Å². The Labute approximate surface area is 193 Å². The van der Waals surface area contributed by atoms with Gasteiger partial charge in [0, 0.05) is 52.1 Å². The average molecular weight is 467 g/mol. The van der Waals surface area contributed by atoms with Crippen molar-refractivity contribution in [3.8, 4) is 11.1 Å². The van der Waals surface area contributed by atoms with E-state index in [2.05, 4.69) is 15.0 Å². The van der Waals surface area contributed by atoms with Gasteiger partial charge in [0.1, 0.15) is 6.33 Å². The zero-order chi connectivity index (χ0) is 23.6. The smallest absolute Gasteiger partial charge is 0.254 e. The first-order valence-corrected chi connectivity index (χ1v) is 12.4. The fourth-order valence-electron chi connectivity index (χ4n) is 3.73. The molecule has 33 heavy (non-hydrogen) atoms. The molecule has 3 aromatic rings. The summed E-state index contributed by atoms with van der Waals surface area (Å²) >= 11 is 0. The number of hydrogen-bond donors (Lipinski definition) is 0. The summed E-state index contributed by atoms with van der Waals surface area (Å²) in [6, 6.07) is 14.3. The van der Waals surface area contributed by atoms with Gasteiger partial charge >= 0.3 is 0 Å². The molecule has 4 rings (SSSR count). The van der Waals surface area contributed by atoms with Crippen LogP contribution in [0.25, 0.3) is 11.1 Å². The van der Waals surface area contributed by atoms with E-state index in [1.165, 1.54) is 12.4 Å². The lowest BCUT2D eigenvalue weighted by molar-refractivity contribution is 0.0746. The van der Waals surface area contributed by atoms with Crippen LogP contribution in [0.1, 0.15) is 10.4 Å². The molecule has 1 aliphatic rings. The molecule has 1 fully saturated rings. The topological polar surface area (TPSA) is 99.6 Å². The summed E-state index contributed by atoms with van der Waals surface area (Å²) in [6.07, 6.45) is 2.63. The second kappa shape index (κ2) is 9.14. The highest BCUT2D eigenvalue weighted by molar-refractivity contribution is 7.90. The Morgan fingerprint density at radius 3 is 2.30 bits per heavy atom. The molecular formula is C23H26N6O3S. The van der Waals surface area contributed by atoms with Crippen LogP contribution in [0.5, 0.6) is 0 Å². The molecule has 0 spiro atoms. The van der Waals surface area contributed by atoms with Gasteiger partial charge in [-0.3, -0.25) is 4.79 Å². The summed E-state index contributed by atoms with van der Waals surface area (Å²) in [6.45, 7) is 2.07. The molecule has 0 atom stereocenters. The van der Waals surface area contributed by atoms with Gasteiger partial charge < -0.3 is 14.7 Å². The zero-order valence-electron chi connectivity index (χ0n) is 18.8. The van der Waals surface area contributed by atoms with Gasteiger partial charge in [0.15, 0.2) is 9.84 Å². The van der Waals surface area contributed by atoms with E-state index in [0.29, 0.717) is 49.2 Å². The molecule has 9 nitrogen and oxygen atoms in total. The van der Waals surface area contributed by atoms with E-state index in [1.807, 2.05) is 54.2 Å². The molecule has 2 heterocycles. The molecule has 0 radical (unpaired) electrons. The third kappa shape index (κ3) is 4.95. The van der Waals surface area contributed by atoms with Crippen molar-refractivity contribution < 1.29 is 13.2 Å². The Morgan fingerprint density at radius 2 is 1.67 bits per heavy atom. The molecule has 0 unspecified atom stereocenters. The standard InChI is InChI=1S/C23H26N6O3S/c1-27(2)22-24-16-25-23(26-22)29-13-11-28(12-14-29)21(30)20-15-18(33(3,31)32)9-10-19(20)17-7-5-4-6-8-17/h4-10,15-16H,11-14H2,1-3H3. The molecule has 2 aromatic carbocycles. The summed E-state index contributed by atoms with van der Waals surface area (Å²) in [5.41, 5.74) is 1.96. The van der Waals surface area contributed by atoms with Gasteiger partial charge in [-0.15, -0.1) is 0 Å². The van der Waals surface area contributed by atoms with E-state index in [0.717, 1.165) is 11.8 Å². The van der Waals surface area contributed by atoms with Crippen molar-refractivity contribution in [1.29, 1.82) is 0 Å². The third-order valence-electron chi connectivity index (χ3n) is 5.53. The number of amides is 1. The minimum absolute atomic E-state index is 0.130. The largest absolute Gasteiger partial charge is 0.347 e. The summed E-state index contributed by atoms with van der Waals surface area (Å²) in [4.78, 5) is 32.1. The number of aromatic nitrogens is 3. The fourth-order valence-corrected chi connectivity index (χ4v) is 4.37. The summed E-state index contributed by atoms with van der Waals surface area (Å²) in [5, 5.41) is 0. The molecule has 0 bridgehead atoms. The number of rotatable bonds is 5. The van der Waals surface area contributed by atoms with E-state index >= 15 is 0 Å². The molecule has 172 valence electrons. The van der Waals surface area contributed by atoms with Crippen LogP contribution in [0.15, 0.2) is 59.8 Å². The molecule has 0 saturated carbocycles. The predicted molar refractivity (Wildman–Crippen MR) is 127 cm³/mol. The second-order valence-electron chi connectivity index (χ2n) is 8.10. The molecular weight excluding hydrogens is 440 g/mol.